The topological polar surface area (TPSA) is 39.3 Å². The average Bonchev–Trinajstić information content (AvgIpc) is 3.30. The van der Waals surface area contributed by atoms with Crippen LogP contribution in [0.4, 0.5) is 4.79 Å². The van der Waals surface area contributed by atoms with Gasteiger partial charge in [0.25, 0.3) is 0 Å². The highest BCUT2D eigenvalue weighted by Crippen LogP contribution is 2.35. The minimum absolute atomic E-state index is 0.0811. The Bertz CT molecular complexity index is 430. The van der Waals surface area contributed by atoms with Crippen molar-refractivity contribution in [2.45, 2.75) is 18.9 Å². The Labute approximate surface area is 119 Å². The smallest absolute Gasteiger partial charge is 0.331 e. The van der Waals surface area contributed by atoms with Gasteiger partial charge in [-0.05, 0) is 18.8 Å². The van der Waals surface area contributed by atoms with Crippen molar-refractivity contribution in [3.8, 4) is 0 Å². The number of epoxide rings is 1. The van der Waals surface area contributed by atoms with Gasteiger partial charge >= 0.3 is 6.03 Å². The molecule has 0 aromatic carbocycles. The van der Waals surface area contributed by atoms with E-state index in [1.165, 1.54) is 12.8 Å². The summed E-state index contributed by atoms with van der Waals surface area (Å²) in [5.41, 5.74) is 0. The predicted molar refractivity (Wildman–Crippen MR) is 76.5 cm³/mol. The van der Waals surface area contributed by atoms with E-state index in [-0.39, 0.29) is 12.1 Å². The maximum absolute atomic E-state index is 12.5. The van der Waals surface area contributed by atoms with Crippen molar-refractivity contribution in [1.82, 2.24) is 14.7 Å². The molecule has 5 nitrogen and oxygen atoms in total. The van der Waals surface area contributed by atoms with Crippen LogP contribution in [-0.4, -0.2) is 53.1 Å². The summed E-state index contributed by atoms with van der Waals surface area (Å²) in [5, 5.41) is 0. The van der Waals surface area contributed by atoms with Gasteiger partial charge in [-0.25, -0.2) is 4.79 Å². The van der Waals surface area contributed by atoms with Crippen LogP contribution in [0.25, 0.3) is 0 Å². The second-order valence-electron chi connectivity index (χ2n) is 5.63. The first-order chi connectivity index (χ1) is 9.61. The molecule has 0 bridgehead atoms. The van der Waals surface area contributed by atoms with Crippen LogP contribution in [0.2, 0.25) is 0 Å². The lowest BCUT2D eigenvalue weighted by molar-refractivity contribution is 0.115. The zero-order valence-corrected chi connectivity index (χ0v) is 11.8. The van der Waals surface area contributed by atoms with Gasteiger partial charge in [-0.2, -0.15) is 0 Å². The fourth-order valence-corrected chi connectivity index (χ4v) is 2.45. The van der Waals surface area contributed by atoms with Gasteiger partial charge in [0.2, 0.25) is 0 Å². The summed E-state index contributed by atoms with van der Waals surface area (Å²) in [4.78, 5) is 18.0. The van der Waals surface area contributed by atoms with Gasteiger partial charge in [0, 0.05) is 13.1 Å². The fourth-order valence-electron chi connectivity index (χ4n) is 2.45. The molecule has 3 rings (SSSR count). The number of hydrogen-bond donors (Lipinski definition) is 0. The van der Waals surface area contributed by atoms with Gasteiger partial charge in [-0.1, -0.05) is 19.2 Å². The van der Waals surface area contributed by atoms with Gasteiger partial charge in [-0.15, -0.1) is 6.58 Å². The first kappa shape index (κ1) is 13.2. The summed E-state index contributed by atoms with van der Waals surface area (Å²) in [6.45, 7) is 14.5. The molecular weight excluding hydrogens is 254 g/mol. The molecule has 3 aliphatic rings. The van der Waals surface area contributed by atoms with E-state index < -0.39 is 0 Å². The zero-order chi connectivity index (χ0) is 14.3. The molecule has 3 fully saturated rings. The molecule has 1 saturated carbocycles. The lowest BCUT2D eigenvalue weighted by atomic mass is 10.3. The Hall–Kier alpha value is -1.75. The monoisotopic (exact) mass is 275 g/mol. The Morgan fingerprint density at radius 2 is 1.80 bits per heavy atom. The van der Waals surface area contributed by atoms with Crippen LogP contribution in [0, 0.1) is 5.92 Å². The van der Waals surface area contributed by atoms with Crippen LogP contribution in [0.3, 0.4) is 0 Å². The Morgan fingerprint density at radius 1 is 1.15 bits per heavy atom. The molecule has 2 amide bonds. The second-order valence-corrected chi connectivity index (χ2v) is 5.63. The lowest BCUT2D eigenvalue weighted by Crippen LogP contribution is -2.55. The van der Waals surface area contributed by atoms with E-state index in [0.29, 0.717) is 24.8 Å². The van der Waals surface area contributed by atoms with Crippen molar-refractivity contribution in [3.05, 3.63) is 37.5 Å². The normalized spacial score (nSPS) is 26.3. The van der Waals surface area contributed by atoms with Crippen LogP contribution in [0.15, 0.2) is 37.5 Å². The SMILES string of the molecule is C=CCN1C(=C)N(CC2CC2)C(=C)N(CC2CO2)C1=O. The number of urea groups is 1. The van der Waals surface area contributed by atoms with E-state index in [2.05, 4.69) is 24.6 Å². The van der Waals surface area contributed by atoms with E-state index >= 15 is 0 Å². The molecule has 1 atom stereocenters. The molecule has 1 aliphatic carbocycles. The summed E-state index contributed by atoms with van der Waals surface area (Å²) < 4.78 is 5.24. The maximum atomic E-state index is 12.5. The molecule has 0 aromatic heterocycles. The molecule has 0 spiro atoms. The highest BCUT2D eigenvalue weighted by molar-refractivity contribution is 5.79. The van der Waals surface area contributed by atoms with Crippen molar-refractivity contribution in [2.24, 2.45) is 5.92 Å². The minimum Gasteiger partial charge on any atom is -0.371 e. The Kier molecular flexibility index (Phi) is 3.30. The van der Waals surface area contributed by atoms with E-state index in [1.54, 1.807) is 15.9 Å². The number of carbonyl (C=O) groups excluding carboxylic acids is 1. The molecule has 0 N–H and O–H groups in total. The standard InChI is InChI=1S/C15H21N3O2/c1-4-7-16-11(2)17(8-13-5-6-13)12(3)18(15(16)19)9-14-10-20-14/h4,13-14H,1-3,5-10H2. The third kappa shape index (κ3) is 2.45. The highest BCUT2D eigenvalue weighted by atomic mass is 16.6. The number of amides is 2. The minimum atomic E-state index is -0.0811. The van der Waals surface area contributed by atoms with E-state index in [9.17, 15) is 4.79 Å². The van der Waals surface area contributed by atoms with Crippen LogP contribution in [0.5, 0.6) is 0 Å². The quantitative estimate of drug-likeness (QED) is 0.549. The molecule has 0 radical (unpaired) electrons. The van der Waals surface area contributed by atoms with Crippen LogP contribution >= 0.6 is 0 Å². The van der Waals surface area contributed by atoms with Gasteiger partial charge in [-0.3, -0.25) is 9.80 Å². The number of ether oxygens (including phenoxy) is 1. The van der Waals surface area contributed by atoms with E-state index in [1.807, 2.05) is 0 Å². The van der Waals surface area contributed by atoms with E-state index in [0.717, 1.165) is 19.0 Å². The summed E-state index contributed by atoms with van der Waals surface area (Å²) in [7, 11) is 0. The average molecular weight is 275 g/mol. The molecule has 1 unspecified atom stereocenters. The Balaban J connectivity index is 1.80. The molecule has 108 valence electrons. The van der Waals surface area contributed by atoms with Crippen molar-refractivity contribution in [3.63, 3.8) is 0 Å². The molecule has 2 saturated heterocycles. The number of nitrogens with zero attached hydrogens (tertiary/aromatic N) is 3. The van der Waals surface area contributed by atoms with Crippen LogP contribution in [0.1, 0.15) is 12.8 Å². The Morgan fingerprint density at radius 3 is 2.35 bits per heavy atom. The molecular formula is C15H21N3O2. The summed E-state index contributed by atoms with van der Waals surface area (Å²) in [5.74, 6) is 2.13. The number of carbonyl (C=O) groups is 1. The summed E-state index contributed by atoms with van der Waals surface area (Å²) in [6.07, 6.45) is 4.37. The number of hydrogen-bond acceptors (Lipinski definition) is 3. The molecule has 2 aliphatic heterocycles. The summed E-state index contributed by atoms with van der Waals surface area (Å²) >= 11 is 0. The predicted octanol–water partition coefficient (Wildman–Crippen LogP) is 1.96. The van der Waals surface area contributed by atoms with Gasteiger partial charge in [0.15, 0.2) is 0 Å². The van der Waals surface area contributed by atoms with Gasteiger partial charge < -0.3 is 9.64 Å². The maximum Gasteiger partial charge on any atom is 0.331 e. The van der Waals surface area contributed by atoms with Gasteiger partial charge in [0.1, 0.15) is 11.6 Å². The zero-order valence-electron chi connectivity index (χ0n) is 11.8. The van der Waals surface area contributed by atoms with E-state index in [4.69, 9.17) is 4.74 Å². The van der Waals surface area contributed by atoms with Crippen molar-refractivity contribution < 1.29 is 9.53 Å². The first-order valence-electron chi connectivity index (χ1n) is 7.08. The highest BCUT2D eigenvalue weighted by Gasteiger charge is 2.40. The molecule has 2 heterocycles. The third-order valence-corrected chi connectivity index (χ3v) is 3.95. The van der Waals surface area contributed by atoms with Crippen molar-refractivity contribution in [1.29, 1.82) is 0 Å². The van der Waals surface area contributed by atoms with Crippen LogP contribution < -0.4 is 0 Å². The molecule has 5 heteroatoms. The first-order valence-corrected chi connectivity index (χ1v) is 7.08. The molecule has 0 aromatic rings. The summed E-state index contributed by atoms with van der Waals surface area (Å²) in [6, 6.07) is -0.0811. The second kappa shape index (κ2) is 4.98. The van der Waals surface area contributed by atoms with Crippen molar-refractivity contribution in [2.75, 3.05) is 26.2 Å². The molecule has 20 heavy (non-hydrogen) atoms. The third-order valence-electron chi connectivity index (χ3n) is 3.95. The number of rotatable bonds is 6. The van der Waals surface area contributed by atoms with Gasteiger partial charge in [0.05, 0.1) is 19.3 Å². The fraction of sp³-hybridized carbons (Fsp3) is 0.533. The van der Waals surface area contributed by atoms with Crippen molar-refractivity contribution >= 4 is 6.03 Å². The lowest BCUT2D eigenvalue weighted by Gasteiger charge is -2.45. The largest absolute Gasteiger partial charge is 0.371 e. The van der Waals surface area contributed by atoms with Crippen LogP contribution in [-0.2, 0) is 4.74 Å².